The maximum Gasteiger partial charge on any atom is 0.0715 e. The molecular formula is C54H38N2. The number of pyridine rings is 1. The van der Waals surface area contributed by atoms with Crippen LogP contribution in [0, 0.1) is 5.41 Å². The van der Waals surface area contributed by atoms with Crippen LogP contribution in [0.15, 0.2) is 224 Å². The molecule has 8 aromatic carbocycles. The topological polar surface area (TPSA) is 36.7 Å². The minimum absolute atomic E-state index is 0.476. The zero-order valence-electron chi connectivity index (χ0n) is 30.8. The summed E-state index contributed by atoms with van der Waals surface area (Å²) < 4.78 is 0. The van der Waals surface area contributed by atoms with Gasteiger partial charge in [-0.2, -0.15) is 0 Å². The summed E-state index contributed by atoms with van der Waals surface area (Å²) in [7, 11) is 0. The van der Waals surface area contributed by atoms with Gasteiger partial charge in [0.2, 0.25) is 0 Å². The summed E-state index contributed by atoms with van der Waals surface area (Å²) in [5, 5.41) is 11.3. The number of hydrogen-bond donors (Lipinski definition) is 1. The van der Waals surface area contributed by atoms with E-state index in [0.29, 0.717) is 5.71 Å². The van der Waals surface area contributed by atoms with E-state index >= 15 is 0 Å². The number of aromatic nitrogens is 1. The molecule has 0 saturated heterocycles. The van der Waals surface area contributed by atoms with Gasteiger partial charge < -0.3 is 5.41 Å². The van der Waals surface area contributed by atoms with Gasteiger partial charge in [-0.15, -0.1) is 0 Å². The Bertz CT molecular complexity index is 2820. The van der Waals surface area contributed by atoms with Gasteiger partial charge in [0.1, 0.15) is 0 Å². The van der Waals surface area contributed by atoms with E-state index in [9.17, 15) is 0 Å². The molecule has 0 amide bonds. The highest BCUT2D eigenvalue weighted by molar-refractivity contribution is 6.14. The Labute approximate surface area is 328 Å². The van der Waals surface area contributed by atoms with Crippen molar-refractivity contribution in [2.24, 2.45) is 0 Å². The molecule has 0 saturated carbocycles. The second kappa shape index (κ2) is 15.5. The van der Waals surface area contributed by atoms with E-state index in [1.165, 1.54) is 11.1 Å². The summed E-state index contributed by atoms with van der Waals surface area (Å²) >= 11 is 0. The van der Waals surface area contributed by atoms with Crippen molar-refractivity contribution in [3.63, 3.8) is 0 Å². The van der Waals surface area contributed by atoms with E-state index < -0.39 is 0 Å². The molecule has 2 heteroatoms. The van der Waals surface area contributed by atoms with E-state index in [2.05, 4.69) is 170 Å². The summed E-state index contributed by atoms with van der Waals surface area (Å²) in [5.74, 6) is 0. The van der Waals surface area contributed by atoms with Gasteiger partial charge in [-0.05, 0) is 96.8 Å². The maximum atomic E-state index is 9.05. The highest BCUT2D eigenvalue weighted by atomic mass is 14.7. The van der Waals surface area contributed by atoms with Gasteiger partial charge in [-0.1, -0.05) is 194 Å². The molecule has 1 N–H and O–H groups in total. The largest absolute Gasteiger partial charge is 0.300 e. The predicted molar refractivity (Wildman–Crippen MR) is 236 cm³/mol. The Morgan fingerprint density at radius 1 is 0.357 bits per heavy atom. The van der Waals surface area contributed by atoms with Crippen LogP contribution in [0.25, 0.3) is 72.2 Å². The molecular weight excluding hydrogens is 677 g/mol. The van der Waals surface area contributed by atoms with Crippen molar-refractivity contribution in [1.82, 2.24) is 4.98 Å². The van der Waals surface area contributed by atoms with Crippen LogP contribution in [0.3, 0.4) is 0 Å². The summed E-state index contributed by atoms with van der Waals surface area (Å²) in [5.41, 5.74) is 15.5. The lowest BCUT2D eigenvalue weighted by atomic mass is 9.89. The molecule has 56 heavy (non-hydrogen) atoms. The lowest BCUT2D eigenvalue weighted by Crippen LogP contribution is -1.98. The number of allylic oxidation sites excluding steroid dienone is 1. The molecule has 0 aliphatic carbocycles. The smallest absolute Gasteiger partial charge is 0.0715 e. The Hall–Kier alpha value is -7.42. The molecule has 0 radical (unpaired) electrons. The molecule has 0 aliphatic heterocycles. The van der Waals surface area contributed by atoms with Crippen molar-refractivity contribution in [2.45, 2.75) is 0 Å². The lowest BCUT2D eigenvalue weighted by molar-refractivity contribution is 1.32. The summed E-state index contributed by atoms with van der Waals surface area (Å²) in [6.45, 7) is 0. The van der Waals surface area contributed by atoms with Gasteiger partial charge in [0, 0.05) is 11.1 Å². The first kappa shape index (κ1) is 34.4. The molecule has 9 aromatic rings. The van der Waals surface area contributed by atoms with Crippen LogP contribution >= 0.6 is 0 Å². The first-order valence-corrected chi connectivity index (χ1v) is 18.9. The lowest BCUT2D eigenvalue weighted by Gasteiger charge is -2.15. The van der Waals surface area contributed by atoms with Crippen molar-refractivity contribution in [2.75, 3.05) is 0 Å². The van der Waals surface area contributed by atoms with Crippen molar-refractivity contribution in [1.29, 1.82) is 5.41 Å². The van der Waals surface area contributed by atoms with Crippen molar-refractivity contribution in [3.05, 3.63) is 241 Å². The molecule has 0 spiro atoms. The quantitative estimate of drug-likeness (QED) is 0.149. The van der Waals surface area contributed by atoms with E-state index in [-0.39, 0.29) is 0 Å². The third-order valence-electron chi connectivity index (χ3n) is 10.3. The molecule has 1 aromatic heterocycles. The molecule has 9 rings (SSSR count). The van der Waals surface area contributed by atoms with Crippen LogP contribution < -0.4 is 0 Å². The highest BCUT2D eigenvalue weighted by Crippen LogP contribution is 2.36. The second-order valence-corrected chi connectivity index (χ2v) is 14.0. The number of rotatable bonds is 9. The fourth-order valence-electron chi connectivity index (χ4n) is 7.41. The highest BCUT2D eigenvalue weighted by Gasteiger charge is 2.14. The SMILES string of the molecule is N=C(/C=C(/c1ccccc1)c1cccc2ccc(-c3cccc(-c4cc(-c5ccccc5)nc(-c5ccc(-c6ccccc6)cc5)c4)c3)cc12)c1ccccc1. The average Bonchev–Trinajstić information content (AvgIpc) is 3.29. The molecule has 0 atom stereocenters. The van der Waals surface area contributed by atoms with Crippen LogP contribution in [-0.4, -0.2) is 10.7 Å². The third kappa shape index (κ3) is 7.24. The molecule has 264 valence electrons. The van der Waals surface area contributed by atoms with Gasteiger partial charge in [-0.25, -0.2) is 4.98 Å². The number of hydrogen-bond acceptors (Lipinski definition) is 2. The van der Waals surface area contributed by atoms with Gasteiger partial charge in [0.15, 0.2) is 0 Å². The summed E-state index contributed by atoms with van der Waals surface area (Å²) in [4.78, 5) is 5.19. The summed E-state index contributed by atoms with van der Waals surface area (Å²) in [6, 6.07) is 76.3. The standard InChI is InChI=1S/C54H38N2/c55-52(42-19-9-3-10-20-42)37-51(40-17-7-2-8-18-40)49-26-14-23-41-29-32-47(34-50(41)49)45-24-13-25-46(33-45)48-35-53(43-21-11-4-12-22-43)56-54(36-48)44-30-27-39(28-31-44)38-15-5-1-6-16-38/h1-37,55H/b51-37-,55-52?. The van der Waals surface area contributed by atoms with E-state index in [4.69, 9.17) is 10.4 Å². The fourth-order valence-corrected chi connectivity index (χ4v) is 7.41. The molecule has 0 aliphatic rings. The van der Waals surface area contributed by atoms with E-state index in [1.807, 2.05) is 54.6 Å². The average molecular weight is 715 g/mol. The normalized spacial score (nSPS) is 11.4. The summed E-state index contributed by atoms with van der Waals surface area (Å²) in [6.07, 6.45) is 2.01. The van der Waals surface area contributed by atoms with Crippen molar-refractivity contribution >= 4 is 22.1 Å². The van der Waals surface area contributed by atoms with Crippen LogP contribution in [0.4, 0.5) is 0 Å². The number of nitrogens with one attached hydrogen (secondary N) is 1. The number of fused-ring (bicyclic) bond motifs is 1. The Kier molecular flexibility index (Phi) is 9.52. The third-order valence-corrected chi connectivity index (χ3v) is 10.3. The molecule has 0 fully saturated rings. The Balaban J connectivity index is 1.13. The Morgan fingerprint density at radius 3 is 1.48 bits per heavy atom. The van der Waals surface area contributed by atoms with E-state index in [0.717, 1.165) is 77.8 Å². The van der Waals surface area contributed by atoms with Crippen LogP contribution in [0.5, 0.6) is 0 Å². The molecule has 0 bridgehead atoms. The maximum absolute atomic E-state index is 9.05. The first-order valence-electron chi connectivity index (χ1n) is 18.9. The van der Waals surface area contributed by atoms with Crippen molar-refractivity contribution in [3.8, 4) is 55.9 Å². The molecule has 1 heterocycles. The fraction of sp³-hybridized carbons (Fsp3) is 0. The van der Waals surface area contributed by atoms with Gasteiger partial charge in [-0.3, -0.25) is 0 Å². The number of benzene rings is 8. The zero-order valence-corrected chi connectivity index (χ0v) is 30.8. The van der Waals surface area contributed by atoms with Gasteiger partial charge in [0.05, 0.1) is 17.1 Å². The predicted octanol–water partition coefficient (Wildman–Crippen LogP) is 14.1. The first-order chi connectivity index (χ1) is 27.7. The monoisotopic (exact) mass is 714 g/mol. The minimum atomic E-state index is 0.476. The van der Waals surface area contributed by atoms with Crippen LogP contribution in [-0.2, 0) is 0 Å². The molecule has 0 unspecified atom stereocenters. The minimum Gasteiger partial charge on any atom is -0.300 e. The van der Waals surface area contributed by atoms with Crippen molar-refractivity contribution < 1.29 is 0 Å². The Morgan fingerprint density at radius 2 is 0.821 bits per heavy atom. The molecule has 2 nitrogen and oxygen atoms in total. The van der Waals surface area contributed by atoms with Crippen LogP contribution in [0.1, 0.15) is 16.7 Å². The van der Waals surface area contributed by atoms with Gasteiger partial charge >= 0.3 is 0 Å². The second-order valence-electron chi connectivity index (χ2n) is 14.0. The van der Waals surface area contributed by atoms with Crippen LogP contribution in [0.2, 0.25) is 0 Å². The van der Waals surface area contributed by atoms with E-state index in [1.54, 1.807) is 0 Å². The van der Waals surface area contributed by atoms with Gasteiger partial charge in [0.25, 0.3) is 0 Å². The number of nitrogens with zero attached hydrogens (tertiary/aromatic N) is 1. The zero-order chi connectivity index (χ0) is 37.7.